The molecule has 106 valence electrons. The second kappa shape index (κ2) is 5.92. The van der Waals surface area contributed by atoms with Crippen molar-refractivity contribution in [3.63, 3.8) is 0 Å². The standard InChI is InChI=1S/C16H32N2/c1-6-15(11(2)3)18-10-14(13-7-8-13)17-9-16(18)12(4)5/h11-17H,6-10H2,1-5H3. The summed E-state index contributed by atoms with van der Waals surface area (Å²) >= 11 is 0. The van der Waals surface area contributed by atoms with E-state index in [2.05, 4.69) is 44.8 Å². The quantitative estimate of drug-likeness (QED) is 0.809. The molecule has 0 aromatic carbocycles. The summed E-state index contributed by atoms with van der Waals surface area (Å²) in [6, 6.07) is 2.26. The Morgan fingerprint density at radius 2 is 1.83 bits per heavy atom. The van der Waals surface area contributed by atoms with Crippen molar-refractivity contribution in [3.8, 4) is 0 Å². The number of nitrogens with one attached hydrogen (secondary N) is 1. The van der Waals surface area contributed by atoms with Gasteiger partial charge in [0.05, 0.1) is 0 Å². The van der Waals surface area contributed by atoms with Gasteiger partial charge in [-0.15, -0.1) is 0 Å². The molecule has 3 atom stereocenters. The second-order valence-electron chi connectivity index (χ2n) is 7.08. The summed E-state index contributed by atoms with van der Waals surface area (Å²) in [5.74, 6) is 2.50. The summed E-state index contributed by atoms with van der Waals surface area (Å²) in [6.45, 7) is 14.4. The van der Waals surface area contributed by atoms with Gasteiger partial charge < -0.3 is 5.32 Å². The third kappa shape index (κ3) is 3.08. The first-order valence-electron chi connectivity index (χ1n) is 8.03. The van der Waals surface area contributed by atoms with E-state index in [1.54, 1.807) is 0 Å². The second-order valence-corrected chi connectivity index (χ2v) is 7.08. The van der Waals surface area contributed by atoms with Crippen LogP contribution in [0.25, 0.3) is 0 Å². The van der Waals surface area contributed by atoms with Gasteiger partial charge >= 0.3 is 0 Å². The average Bonchev–Trinajstić information content (AvgIpc) is 3.12. The van der Waals surface area contributed by atoms with Crippen molar-refractivity contribution in [2.75, 3.05) is 13.1 Å². The van der Waals surface area contributed by atoms with Gasteiger partial charge in [-0.2, -0.15) is 0 Å². The van der Waals surface area contributed by atoms with Gasteiger partial charge in [-0.05, 0) is 37.0 Å². The third-order valence-corrected chi connectivity index (χ3v) is 5.00. The largest absolute Gasteiger partial charge is 0.311 e. The number of hydrogen-bond donors (Lipinski definition) is 1. The molecule has 0 amide bonds. The first kappa shape index (κ1) is 14.3. The van der Waals surface area contributed by atoms with Gasteiger partial charge in [0.1, 0.15) is 0 Å². The normalized spacial score (nSPS) is 32.2. The molecule has 2 fully saturated rings. The van der Waals surface area contributed by atoms with E-state index >= 15 is 0 Å². The van der Waals surface area contributed by atoms with E-state index in [4.69, 9.17) is 0 Å². The molecule has 0 radical (unpaired) electrons. The zero-order valence-electron chi connectivity index (χ0n) is 12.9. The maximum Gasteiger partial charge on any atom is 0.0247 e. The molecule has 2 rings (SSSR count). The molecule has 1 heterocycles. The van der Waals surface area contributed by atoms with E-state index < -0.39 is 0 Å². The van der Waals surface area contributed by atoms with Crippen molar-refractivity contribution in [1.82, 2.24) is 10.2 Å². The molecule has 1 aliphatic carbocycles. The topological polar surface area (TPSA) is 15.3 Å². The van der Waals surface area contributed by atoms with Gasteiger partial charge in [0.2, 0.25) is 0 Å². The molecule has 1 saturated heterocycles. The predicted molar refractivity (Wildman–Crippen MR) is 78.8 cm³/mol. The van der Waals surface area contributed by atoms with E-state index in [0.29, 0.717) is 0 Å². The molecule has 1 aliphatic heterocycles. The zero-order valence-corrected chi connectivity index (χ0v) is 12.9. The molecule has 1 N–H and O–H groups in total. The fourth-order valence-corrected chi connectivity index (χ4v) is 3.72. The van der Waals surface area contributed by atoms with Crippen molar-refractivity contribution in [2.45, 2.75) is 72.0 Å². The van der Waals surface area contributed by atoms with Crippen molar-refractivity contribution in [1.29, 1.82) is 0 Å². The van der Waals surface area contributed by atoms with Gasteiger partial charge in [0.25, 0.3) is 0 Å². The molecule has 2 heteroatoms. The first-order chi connectivity index (χ1) is 8.54. The average molecular weight is 252 g/mol. The lowest BCUT2D eigenvalue weighted by atomic mass is 9.90. The van der Waals surface area contributed by atoms with Crippen LogP contribution in [0.5, 0.6) is 0 Å². The number of hydrogen-bond acceptors (Lipinski definition) is 2. The van der Waals surface area contributed by atoms with E-state index in [1.807, 2.05) is 0 Å². The molecule has 0 spiro atoms. The molecule has 1 saturated carbocycles. The lowest BCUT2D eigenvalue weighted by Gasteiger charge is -2.47. The number of rotatable bonds is 5. The summed E-state index contributed by atoms with van der Waals surface area (Å²) in [5, 5.41) is 3.82. The van der Waals surface area contributed by atoms with E-state index in [-0.39, 0.29) is 0 Å². The first-order valence-corrected chi connectivity index (χ1v) is 8.03. The highest BCUT2D eigenvalue weighted by atomic mass is 15.3. The Hall–Kier alpha value is -0.0800. The molecule has 3 unspecified atom stereocenters. The van der Waals surface area contributed by atoms with Gasteiger partial charge in [0, 0.05) is 31.2 Å². The predicted octanol–water partition coefficient (Wildman–Crippen LogP) is 3.13. The van der Waals surface area contributed by atoms with Crippen LogP contribution in [0.4, 0.5) is 0 Å². The molecule has 0 bridgehead atoms. The number of piperazine rings is 1. The van der Waals surface area contributed by atoms with Crippen LogP contribution < -0.4 is 5.32 Å². The lowest BCUT2D eigenvalue weighted by Crippen LogP contribution is -2.62. The van der Waals surface area contributed by atoms with Gasteiger partial charge in [-0.1, -0.05) is 34.6 Å². The number of nitrogens with zero attached hydrogens (tertiary/aromatic N) is 1. The highest BCUT2D eigenvalue weighted by molar-refractivity contribution is 4.97. The molecular formula is C16H32N2. The van der Waals surface area contributed by atoms with Crippen LogP contribution in [-0.4, -0.2) is 36.1 Å². The Labute approximate surface area is 114 Å². The Kier molecular flexibility index (Phi) is 4.71. The highest BCUT2D eigenvalue weighted by Crippen LogP contribution is 2.36. The van der Waals surface area contributed by atoms with Crippen LogP contribution in [-0.2, 0) is 0 Å². The molecule has 0 aromatic rings. The van der Waals surface area contributed by atoms with Crippen LogP contribution in [0.2, 0.25) is 0 Å². The fraction of sp³-hybridized carbons (Fsp3) is 1.00. The van der Waals surface area contributed by atoms with Crippen LogP contribution in [0.1, 0.15) is 53.9 Å². The summed E-state index contributed by atoms with van der Waals surface area (Å²) in [6.07, 6.45) is 4.20. The van der Waals surface area contributed by atoms with Crippen LogP contribution >= 0.6 is 0 Å². The maximum atomic E-state index is 3.82. The molecular weight excluding hydrogens is 220 g/mol. The zero-order chi connectivity index (χ0) is 13.3. The minimum atomic E-state index is 0.729. The monoisotopic (exact) mass is 252 g/mol. The Morgan fingerprint density at radius 1 is 1.17 bits per heavy atom. The smallest absolute Gasteiger partial charge is 0.0247 e. The van der Waals surface area contributed by atoms with Crippen molar-refractivity contribution in [2.24, 2.45) is 17.8 Å². The van der Waals surface area contributed by atoms with Gasteiger partial charge in [-0.25, -0.2) is 0 Å². The molecule has 2 nitrogen and oxygen atoms in total. The summed E-state index contributed by atoms with van der Waals surface area (Å²) in [7, 11) is 0. The summed E-state index contributed by atoms with van der Waals surface area (Å²) < 4.78 is 0. The summed E-state index contributed by atoms with van der Waals surface area (Å²) in [5.41, 5.74) is 0. The Bertz CT molecular complexity index is 248. The summed E-state index contributed by atoms with van der Waals surface area (Å²) in [4.78, 5) is 2.84. The van der Waals surface area contributed by atoms with Crippen LogP contribution in [0.15, 0.2) is 0 Å². The molecule has 0 aromatic heterocycles. The Balaban J connectivity index is 2.07. The van der Waals surface area contributed by atoms with Crippen LogP contribution in [0.3, 0.4) is 0 Å². The van der Waals surface area contributed by atoms with Crippen molar-refractivity contribution < 1.29 is 0 Å². The van der Waals surface area contributed by atoms with E-state index in [0.717, 1.165) is 35.9 Å². The molecule has 2 aliphatic rings. The van der Waals surface area contributed by atoms with Crippen LogP contribution in [0, 0.1) is 17.8 Å². The fourth-order valence-electron chi connectivity index (χ4n) is 3.72. The van der Waals surface area contributed by atoms with Gasteiger partial charge in [-0.3, -0.25) is 4.90 Å². The van der Waals surface area contributed by atoms with E-state index in [9.17, 15) is 0 Å². The van der Waals surface area contributed by atoms with Crippen molar-refractivity contribution >= 4 is 0 Å². The lowest BCUT2D eigenvalue weighted by molar-refractivity contribution is 0.0300. The SMILES string of the molecule is CCC(C(C)C)N1CC(C2CC2)NCC1C(C)C. The highest BCUT2D eigenvalue weighted by Gasteiger charge is 2.40. The van der Waals surface area contributed by atoms with Gasteiger partial charge in [0.15, 0.2) is 0 Å². The minimum absolute atomic E-state index is 0.729. The third-order valence-electron chi connectivity index (χ3n) is 5.00. The molecule has 18 heavy (non-hydrogen) atoms. The van der Waals surface area contributed by atoms with Crippen molar-refractivity contribution in [3.05, 3.63) is 0 Å². The van der Waals surface area contributed by atoms with E-state index in [1.165, 1.54) is 32.4 Å². The minimum Gasteiger partial charge on any atom is -0.311 e. The Morgan fingerprint density at radius 3 is 2.28 bits per heavy atom. The maximum absolute atomic E-state index is 3.82.